The van der Waals surface area contributed by atoms with Crippen LogP contribution >= 0.6 is 0 Å². The van der Waals surface area contributed by atoms with Gasteiger partial charge in [-0.05, 0) is 30.3 Å². The van der Waals surface area contributed by atoms with Gasteiger partial charge in [0, 0.05) is 42.3 Å². The van der Waals surface area contributed by atoms with Crippen LogP contribution in [0.5, 0.6) is 5.88 Å². The third kappa shape index (κ3) is 3.62. The standard InChI is InChI=1S/C21H21N7O2/c1-29-17-7-2-14(12-22-17)18-19-20(24-13-23-19)27-21(26-18)25-15-3-5-16(6-4-15)28-8-10-30-11-9-28/h2-7,12-13H,8-11H2,1H3,(H2,23,24,25,26,27). The molecule has 0 amide bonds. The van der Waals surface area contributed by atoms with Crippen molar-refractivity contribution < 1.29 is 9.47 Å². The number of ether oxygens (including phenoxy) is 2. The maximum absolute atomic E-state index is 5.42. The lowest BCUT2D eigenvalue weighted by atomic mass is 10.2. The van der Waals surface area contributed by atoms with E-state index in [1.54, 1.807) is 25.7 Å². The van der Waals surface area contributed by atoms with Crippen molar-refractivity contribution in [3.63, 3.8) is 0 Å². The van der Waals surface area contributed by atoms with Gasteiger partial charge in [0.1, 0.15) is 11.2 Å². The van der Waals surface area contributed by atoms with E-state index in [0.717, 1.165) is 48.8 Å². The Morgan fingerprint density at radius 1 is 1.03 bits per heavy atom. The number of aromatic nitrogens is 5. The van der Waals surface area contributed by atoms with E-state index < -0.39 is 0 Å². The van der Waals surface area contributed by atoms with E-state index in [-0.39, 0.29) is 0 Å². The molecule has 0 unspecified atom stereocenters. The molecule has 0 radical (unpaired) electrons. The number of morpholine rings is 1. The van der Waals surface area contributed by atoms with Gasteiger partial charge in [0.2, 0.25) is 11.8 Å². The summed E-state index contributed by atoms with van der Waals surface area (Å²) in [6, 6.07) is 11.9. The molecule has 30 heavy (non-hydrogen) atoms. The number of benzene rings is 1. The molecule has 0 aliphatic carbocycles. The van der Waals surface area contributed by atoms with Crippen molar-refractivity contribution in [3.05, 3.63) is 48.9 Å². The zero-order valence-electron chi connectivity index (χ0n) is 16.5. The lowest BCUT2D eigenvalue weighted by Crippen LogP contribution is -2.36. The topological polar surface area (TPSA) is 101 Å². The summed E-state index contributed by atoms with van der Waals surface area (Å²) in [5.74, 6) is 1.02. The highest BCUT2D eigenvalue weighted by Gasteiger charge is 2.14. The molecule has 0 saturated carbocycles. The predicted octanol–water partition coefficient (Wildman–Crippen LogP) is 3.00. The smallest absolute Gasteiger partial charge is 0.229 e. The first-order valence-corrected chi connectivity index (χ1v) is 9.71. The third-order valence-corrected chi connectivity index (χ3v) is 5.00. The van der Waals surface area contributed by atoms with Gasteiger partial charge in [0.05, 0.1) is 26.7 Å². The minimum Gasteiger partial charge on any atom is -0.481 e. The summed E-state index contributed by atoms with van der Waals surface area (Å²) < 4.78 is 10.6. The van der Waals surface area contributed by atoms with Crippen LogP contribution in [-0.4, -0.2) is 58.3 Å². The summed E-state index contributed by atoms with van der Waals surface area (Å²) in [7, 11) is 1.59. The van der Waals surface area contributed by atoms with E-state index in [4.69, 9.17) is 14.5 Å². The van der Waals surface area contributed by atoms with Crippen molar-refractivity contribution in [3.8, 4) is 17.1 Å². The van der Waals surface area contributed by atoms with Gasteiger partial charge in [0.25, 0.3) is 0 Å². The van der Waals surface area contributed by atoms with Crippen molar-refractivity contribution in [1.82, 2.24) is 24.9 Å². The van der Waals surface area contributed by atoms with Crippen LogP contribution in [0.15, 0.2) is 48.9 Å². The fraction of sp³-hybridized carbons (Fsp3) is 0.238. The molecule has 1 aliphatic rings. The molecule has 5 rings (SSSR count). The molecule has 152 valence electrons. The second kappa shape index (κ2) is 7.96. The monoisotopic (exact) mass is 403 g/mol. The second-order valence-electron chi connectivity index (χ2n) is 6.86. The average molecular weight is 403 g/mol. The summed E-state index contributed by atoms with van der Waals surface area (Å²) >= 11 is 0. The van der Waals surface area contributed by atoms with Crippen molar-refractivity contribution in [2.45, 2.75) is 0 Å². The minimum absolute atomic E-state index is 0.472. The van der Waals surface area contributed by atoms with Crippen LogP contribution in [0.25, 0.3) is 22.4 Å². The molecule has 1 saturated heterocycles. The molecule has 0 atom stereocenters. The molecule has 1 fully saturated rings. The molecule has 9 nitrogen and oxygen atoms in total. The number of imidazole rings is 1. The predicted molar refractivity (Wildman–Crippen MR) is 114 cm³/mol. The summed E-state index contributed by atoms with van der Waals surface area (Å²) in [5.41, 5.74) is 5.00. The number of H-pyrrole nitrogens is 1. The molecular formula is C21H21N7O2. The van der Waals surface area contributed by atoms with Crippen LogP contribution in [0.1, 0.15) is 0 Å². The van der Waals surface area contributed by atoms with Crippen molar-refractivity contribution in [2.75, 3.05) is 43.6 Å². The number of aromatic amines is 1. The average Bonchev–Trinajstić information content (AvgIpc) is 3.28. The SMILES string of the molecule is COc1ccc(-c2nc(Nc3ccc(N4CCOCC4)cc3)nc3nc[nH]c23)cn1. The first-order chi connectivity index (χ1) is 14.8. The Labute approximate surface area is 173 Å². The van der Waals surface area contributed by atoms with Crippen molar-refractivity contribution in [2.24, 2.45) is 0 Å². The Balaban J connectivity index is 1.43. The highest BCUT2D eigenvalue weighted by molar-refractivity contribution is 5.88. The highest BCUT2D eigenvalue weighted by atomic mass is 16.5. The van der Waals surface area contributed by atoms with E-state index in [2.05, 4.69) is 42.3 Å². The number of nitrogens with one attached hydrogen (secondary N) is 2. The number of rotatable bonds is 5. The van der Waals surface area contributed by atoms with Gasteiger partial charge in [0.15, 0.2) is 5.65 Å². The minimum atomic E-state index is 0.472. The summed E-state index contributed by atoms with van der Waals surface area (Å²) in [4.78, 5) is 23.2. The van der Waals surface area contributed by atoms with E-state index in [1.165, 1.54) is 5.69 Å². The molecule has 2 N–H and O–H groups in total. The molecule has 1 aromatic carbocycles. The lowest BCUT2D eigenvalue weighted by molar-refractivity contribution is 0.122. The molecule has 3 aromatic heterocycles. The molecule has 1 aliphatic heterocycles. The van der Waals surface area contributed by atoms with E-state index in [9.17, 15) is 0 Å². The molecule has 0 bridgehead atoms. The number of pyridine rings is 1. The zero-order valence-corrected chi connectivity index (χ0v) is 16.5. The summed E-state index contributed by atoms with van der Waals surface area (Å²) in [6.45, 7) is 3.34. The lowest BCUT2D eigenvalue weighted by Gasteiger charge is -2.28. The van der Waals surface area contributed by atoms with E-state index >= 15 is 0 Å². The molecule has 0 spiro atoms. The van der Waals surface area contributed by atoms with Crippen molar-refractivity contribution >= 4 is 28.5 Å². The summed E-state index contributed by atoms with van der Waals surface area (Å²) in [5, 5.41) is 3.28. The van der Waals surface area contributed by atoms with Gasteiger partial charge in [-0.25, -0.2) is 15.0 Å². The fourth-order valence-corrected chi connectivity index (χ4v) is 3.45. The first kappa shape index (κ1) is 18.3. The third-order valence-electron chi connectivity index (χ3n) is 5.00. The van der Waals surface area contributed by atoms with Crippen LogP contribution in [0.3, 0.4) is 0 Å². The van der Waals surface area contributed by atoms with Gasteiger partial charge in [-0.1, -0.05) is 0 Å². The first-order valence-electron chi connectivity index (χ1n) is 9.71. The molecule has 9 heteroatoms. The van der Waals surface area contributed by atoms with Gasteiger partial charge in [-0.3, -0.25) is 0 Å². The number of fused-ring (bicyclic) bond motifs is 1. The van der Waals surface area contributed by atoms with Crippen LogP contribution in [0.2, 0.25) is 0 Å². The van der Waals surface area contributed by atoms with Gasteiger partial charge in [-0.15, -0.1) is 0 Å². The Morgan fingerprint density at radius 2 is 1.87 bits per heavy atom. The Bertz CT molecular complexity index is 1140. The Hall–Kier alpha value is -3.72. The number of anilines is 3. The van der Waals surface area contributed by atoms with Gasteiger partial charge >= 0.3 is 0 Å². The summed E-state index contributed by atoms with van der Waals surface area (Å²) in [6.07, 6.45) is 3.34. The number of nitrogens with zero attached hydrogens (tertiary/aromatic N) is 5. The highest BCUT2D eigenvalue weighted by Crippen LogP contribution is 2.27. The van der Waals surface area contributed by atoms with Crippen LogP contribution in [0.4, 0.5) is 17.3 Å². The van der Waals surface area contributed by atoms with E-state index in [0.29, 0.717) is 17.5 Å². The van der Waals surface area contributed by atoms with Crippen LogP contribution in [0, 0.1) is 0 Å². The number of hydrogen-bond acceptors (Lipinski definition) is 8. The fourth-order valence-electron chi connectivity index (χ4n) is 3.45. The second-order valence-corrected chi connectivity index (χ2v) is 6.86. The quantitative estimate of drug-likeness (QED) is 0.524. The Morgan fingerprint density at radius 3 is 2.60 bits per heavy atom. The maximum Gasteiger partial charge on any atom is 0.229 e. The molecule has 4 aromatic rings. The normalized spacial score (nSPS) is 14.1. The van der Waals surface area contributed by atoms with Crippen molar-refractivity contribution in [1.29, 1.82) is 0 Å². The largest absolute Gasteiger partial charge is 0.481 e. The molecule has 4 heterocycles. The number of hydrogen-bond donors (Lipinski definition) is 2. The molecular weight excluding hydrogens is 382 g/mol. The Kier molecular flexibility index (Phi) is 4.86. The van der Waals surface area contributed by atoms with Gasteiger partial charge < -0.3 is 24.7 Å². The van der Waals surface area contributed by atoms with Crippen LogP contribution < -0.4 is 15.0 Å². The maximum atomic E-state index is 5.42. The zero-order chi connectivity index (χ0) is 20.3. The van der Waals surface area contributed by atoms with Gasteiger partial charge in [-0.2, -0.15) is 4.98 Å². The number of methoxy groups -OCH3 is 1. The van der Waals surface area contributed by atoms with E-state index in [1.807, 2.05) is 18.2 Å². The van der Waals surface area contributed by atoms with Crippen LogP contribution in [-0.2, 0) is 4.74 Å².